The standard InChI is InChI=1S/C37H36O5S/c38-34-36(41-25-29-16-8-3-9-17-29)35(40-24-28-14-6-2-7-15-28)33(26-39-23-27-12-4-1-5-13-27)42-37(34)43-32-21-20-30-18-10-11-19-31(30)22-32/h1-22,33-38H,23-26H2/t33-,34+,35-,36-,37-/m1/s1. The number of fused-ring (bicyclic) bond motifs is 1. The van der Waals surface area contributed by atoms with E-state index in [1.54, 1.807) is 0 Å². The molecule has 6 heteroatoms. The summed E-state index contributed by atoms with van der Waals surface area (Å²) in [5, 5.41) is 14.1. The number of benzene rings is 5. The van der Waals surface area contributed by atoms with Gasteiger partial charge in [0.2, 0.25) is 0 Å². The first-order valence-electron chi connectivity index (χ1n) is 14.6. The smallest absolute Gasteiger partial charge is 0.136 e. The van der Waals surface area contributed by atoms with Crippen LogP contribution in [0.3, 0.4) is 0 Å². The van der Waals surface area contributed by atoms with Gasteiger partial charge in [0.15, 0.2) is 0 Å². The SMILES string of the molecule is O[C@H]1[C@@H](OCc2ccccc2)[C@H](OCc2ccccc2)[C@@H](COCc2ccccc2)O[C@@H]1Sc1ccc2ccccc2c1. The van der Waals surface area contributed by atoms with Gasteiger partial charge in [-0.05, 0) is 39.6 Å². The number of hydrogen-bond acceptors (Lipinski definition) is 6. The molecule has 6 rings (SSSR count). The van der Waals surface area contributed by atoms with Gasteiger partial charge in [0.05, 0.1) is 26.4 Å². The number of aliphatic hydroxyl groups is 1. The van der Waals surface area contributed by atoms with E-state index in [-0.39, 0.29) is 0 Å². The highest BCUT2D eigenvalue weighted by atomic mass is 32.2. The molecular weight excluding hydrogens is 556 g/mol. The third-order valence-corrected chi connectivity index (χ3v) is 8.70. The largest absolute Gasteiger partial charge is 0.387 e. The van der Waals surface area contributed by atoms with Crippen LogP contribution in [0.4, 0.5) is 0 Å². The van der Waals surface area contributed by atoms with Crippen molar-refractivity contribution in [1.82, 2.24) is 0 Å². The van der Waals surface area contributed by atoms with Gasteiger partial charge in [-0.15, -0.1) is 0 Å². The molecule has 5 atom stereocenters. The fraction of sp³-hybridized carbons (Fsp3) is 0.243. The summed E-state index contributed by atoms with van der Waals surface area (Å²) in [5.41, 5.74) is 2.57. The van der Waals surface area contributed by atoms with E-state index < -0.39 is 29.9 Å². The Morgan fingerprint density at radius 2 is 1.12 bits per heavy atom. The van der Waals surface area contributed by atoms with Gasteiger partial charge in [-0.1, -0.05) is 133 Å². The van der Waals surface area contributed by atoms with Crippen molar-refractivity contribution in [2.24, 2.45) is 0 Å². The van der Waals surface area contributed by atoms with Crippen molar-refractivity contribution in [3.05, 3.63) is 150 Å². The van der Waals surface area contributed by atoms with Crippen LogP contribution in [0.15, 0.2) is 138 Å². The van der Waals surface area contributed by atoms with Crippen LogP contribution in [0.25, 0.3) is 10.8 Å². The predicted octanol–water partition coefficient (Wildman–Crippen LogP) is 7.41. The summed E-state index contributed by atoms with van der Waals surface area (Å²) in [5.74, 6) is 0. The Kier molecular flexibility index (Phi) is 10.2. The molecule has 1 aliphatic heterocycles. The minimum absolute atomic E-state index is 0.293. The third kappa shape index (κ3) is 7.92. The van der Waals surface area contributed by atoms with Crippen LogP contribution in [0.2, 0.25) is 0 Å². The highest BCUT2D eigenvalue weighted by Crippen LogP contribution is 2.37. The van der Waals surface area contributed by atoms with E-state index in [1.165, 1.54) is 17.1 Å². The summed E-state index contributed by atoms with van der Waals surface area (Å²) >= 11 is 1.50. The Bertz CT molecular complexity index is 1550. The number of rotatable bonds is 12. The molecule has 220 valence electrons. The Balaban J connectivity index is 1.25. The van der Waals surface area contributed by atoms with Crippen LogP contribution < -0.4 is 0 Å². The van der Waals surface area contributed by atoms with Crippen LogP contribution in [0.1, 0.15) is 16.7 Å². The van der Waals surface area contributed by atoms with E-state index in [2.05, 4.69) is 30.3 Å². The minimum atomic E-state index is -0.939. The van der Waals surface area contributed by atoms with Gasteiger partial charge >= 0.3 is 0 Å². The summed E-state index contributed by atoms with van der Waals surface area (Å²) in [7, 11) is 0. The zero-order valence-electron chi connectivity index (χ0n) is 23.9. The molecule has 0 aromatic heterocycles. The molecular formula is C37H36O5S. The quantitative estimate of drug-likeness (QED) is 0.163. The lowest BCUT2D eigenvalue weighted by atomic mass is 9.99. The molecule has 0 amide bonds. The zero-order valence-corrected chi connectivity index (χ0v) is 24.7. The molecule has 1 saturated heterocycles. The molecule has 0 saturated carbocycles. The van der Waals surface area contributed by atoms with E-state index in [4.69, 9.17) is 18.9 Å². The number of thioether (sulfide) groups is 1. The second-order valence-electron chi connectivity index (χ2n) is 10.7. The topological polar surface area (TPSA) is 57.2 Å². The molecule has 0 unspecified atom stereocenters. The predicted molar refractivity (Wildman–Crippen MR) is 171 cm³/mol. The minimum Gasteiger partial charge on any atom is -0.387 e. The summed E-state index contributed by atoms with van der Waals surface area (Å²) in [6.07, 6.45) is -2.59. The monoisotopic (exact) mass is 592 g/mol. The Labute approximate surface area is 257 Å². The van der Waals surface area contributed by atoms with Crippen LogP contribution in [0, 0.1) is 0 Å². The highest BCUT2D eigenvalue weighted by Gasteiger charge is 2.47. The Hall–Kier alpha value is -3.49. The number of ether oxygens (including phenoxy) is 4. The molecule has 1 heterocycles. The average molecular weight is 593 g/mol. The molecule has 43 heavy (non-hydrogen) atoms. The van der Waals surface area contributed by atoms with Gasteiger partial charge in [-0.3, -0.25) is 0 Å². The van der Waals surface area contributed by atoms with Crippen LogP contribution >= 0.6 is 11.8 Å². The fourth-order valence-electron chi connectivity index (χ4n) is 5.29. The lowest BCUT2D eigenvalue weighted by Crippen LogP contribution is -2.59. The molecule has 0 aliphatic carbocycles. The maximum atomic E-state index is 11.8. The lowest BCUT2D eigenvalue weighted by molar-refractivity contribution is -0.243. The van der Waals surface area contributed by atoms with Crippen molar-refractivity contribution in [3.63, 3.8) is 0 Å². The second-order valence-corrected chi connectivity index (χ2v) is 11.9. The summed E-state index contributed by atoms with van der Waals surface area (Å²) < 4.78 is 25.8. The van der Waals surface area contributed by atoms with Gasteiger partial charge < -0.3 is 24.1 Å². The normalized spacial score (nSPS) is 22.0. The van der Waals surface area contributed by atoms with E-state index in [0.717, 1.165) is 27.0 Å². The van der Waals surface area contributed by atoms with E-state index in [1.807, 2.05) is 103 Å². The van der Waals surface area contributed by atoms with E-state index in [0.29, 0.717) is 26.4 Å². The van der Waals surface area contributed by atoms with Gasteiger partial charge in [0, 0.05) is 4.90 Å². The van der Waals surface area contributed by atoms with Gasteiger partial charge in [-0.2, -0.15) is 0 Å². The molecule has 5 nitrogen and oxygen atoms in total. The molecule has 1 fully saturated rings. The Morgan fingerprint density at radius 3 is 1.74 bits per heavy atom. The first-order chi connectivity index (χ1) is 21.2. The van der Waals surface area contributed by atoms with Crippen molar-refractivity contribution >= 4 is 22.5 Å². The molecule has 0 bridgehead atoms. The Morgan fingerprint density at radius 1 is 0.581 bits per heavy atom. The first-order valence-corrected chi connectivity index (χ1v) is 15.5. The van der Waals surface area contributed by atoms with Crippen LogP contribution in [-0.4, -0.2) is 41.6 Å². The maximum absolute atomic E-state index is 11.8. The van der Waals surface area contributed by atoms with Crippen LogP contribution in [-0.2, 0) is 38.8 Å². The molecule has 0 radical (unpaired) electrons. The van der Waals surface area contributed by atoms with E-state index >= 15 is 0 Å². The third-order valence-electron chi connectivity index (χ3n) is 7.55. The van der Waals surface area contributed by atoms with Crippen molar-refractivity contribution in [3.8, 4) is 0 Å². The second kappa shape index (κ2) is 14.8. The van der Waals surface area contributed by atoms with Gasteiger partial charge in [0.1, 0.15) is 29.9 Å². The first kappa shape index (κ1) is 29.6. The lowest BCUT2D eigenvalue weighted by Gasteiger charge is -2.44. The van der Waals surface area contributed by atoms with E-state index in [9.17, 15) is 5.11 Å². The van der Waals surface area contributed by atoms with Gasteiger partial charge in [-0.25, -0.2) is 0 Å². The summed E-state index contributed by atoms with van der Waals surface area (Å²) in [6.45, 7) is 1.46. The molecule has 5 aromatic rings. The van der Waals surface area contributed by atoms with Gasteiger partial charge in [0.25, 0.3) is 0 Å². The molecule has 0 spiro atoms. The summed E-state index contributed by atoms with van der Waals surface area (Å²) in [6, 6.07) is 44.7. The maximum Gasteiger partial charge on any atom is 0.136 e. The molecule has 1 aliphatic rings. The highest BCUT2D eigenvalue weighted by molar-refractivity contribution is 7.99. The average Bonchev–Trinajstić information content (AvgIpc) is 3.06. The van der Waals surface area contributed by atoms with Crippen molar-refractivity contribution < 1.29 is 24.1 Å². The molecule has 5 aromatic carbocycles. The van der Waals surface area contributed by atoms with Crippen molar-refractivity contribution in [1.29, 1.82) is 0 Å². The fourth-order valence-corrected chi connectivity index (χ4v) is 6.40. The van der Waals surface area contributed by atoms with Crippen molar-refractivity contribution in [2.75, 3.05) is 6.61 Å². The van der Waals surface area contributed by atoms with Crippen LogP contribution in [0.5, 0.6) is 0 Å². The number of aliphatic hydroxyl groups excluding tert-OH is 1. The number of hydrogen-bond donors (Lipinski definition) is 1. The molecule has 1 N–H and O–H groups in total. The zero-order chi connectivity index (χ0) is 29.3. The van der Waals surface area contributed by atoms with Crippen molar-refractivity contribution in [2.45, 2.75) is 54.6 Å². The summed E-state index contributed by atoms with van der Waals surface area (Å²) in [4.78, 5) is 1.01.